The maximum Gasteiger partial charge on any atom is 0.165 e. The molecule has 0 aliphatic carbocycles. The smallest absolute Gasteiger partial charge is 0.165 e. The summed E-state index contributed by atoms with van der Waals surface area (Å²) < 4.78 is 18.0. The van der Waals surface area contributed by atoms with Crippen LogP contribution in [-0.4, -0.2) is 12.6 Å². The van der Waals surface area contributed by atoms with E-state index in [1.807, 2.05) is 0 Å². The van der Waals surface area contributed by atoms with E-state index in [0.717, 1.165) is 0 Å². The Balaban J connectivity index is 0.00000144. The molecule has 2 nitrogen and oxygen atoms in total. The van der Waals surface area contributed by atoms with Crippen molar-refractivity contribution < 1.29 is 9.13 Å². The number of hydrogen-bond acceptors (Lipinski definition) is 2. The Bertz CT molecular complexity index is 255. The van der Waals surface area contributed by atoms with Gasteiger partial charge in [0.25, 0.3) is 0 Å². The van der Waals surface area contributed by atoms with Crippen molar-refractivity contribution >= 4 is 17.0 Å². The Morgan fingerprint density at radius 1 is 1.46 bits per heavy atom. The minimum absolute atomic E-state index is 0. The number of para-hydroxylation sites is 1. The van der Waals surface area contributed by atoms with Gasteiger partial charge in [-0.1, -0.05) is 12.1 Å². The van der Waals surface area contributed by atoms with E-state index in [9.17, 15) is 4.39 Å². The third kappa shape index (κ3) is 4.24. The standard InChI is InChI=1S/C9H12FNO.BrH/c1-7(11)6-12-9-5-3-2-4-8(9)10;/h2-5,7H,6,11H2,1H3;1H/t7-;/m1./s1. The van der Waals surface area contributed by atoms with Crippen LogP contribution in [0, 0.1) is 5.82 Å². The first-order valence-electron chi connectivity index (χ1n) is 3.83. The molecule has 0 saturated heterocycles. The van der Waals surface area contributed by atoms with Gasteiger partial charge in [-0.15, -0.1) is 17.0 Å². The van der Waals surface area contributed by atoms with Crippen LogP contribution in [0.3, 0.4) is 0 Å². The van der Waals surface area contributed by atoms with Gasteiger partial charge in [-0.25, -0.2) is 4.39 Å². The van der Waals surface area contributed by atoms with Crippen molar-refractivity contribution in [2.24, 2.45) is 5.73 Å². The fourth-order valence-corrected chi connectivity index (χ4v) is 0.783. The molecule has 0 unspecified atom stereocenters. The molecular formula is C9H13BrFNO. The Morgan fingerprint density at radius 2 is 2.08 bits per heavy atom. The average Bonchev–Trinajstić information content (AvgIpc) is 2.03. The molecule has 0 aliphatic rings. The lowest BCUT2D eigenvalue weighted by molar-refractivity contribution is 0.282. The summed E-state index contributed by atoms with van der Waals surface area (Å²) in [5, 5.41) is 0. The van der Waals surface area contributed by atoms with Gasteiger partial charge in [0.1, 0.15) is 6.61 Å². The van der Waals surface area contributed by atoms with Crippen LogP contribution in [0.1, 0.15) is 6.92 Å². The highest BCUT2D eigenvalue weighted by Crippen LogP contribution is 2.14. The van der Waals surface area contributed by atoms with Gasteiger partial charge in [-0.05, 0) is 19.1 Å². The van der Waals surface area contributed by atoms with Crippen LogP contribution in [0.2, 0.25) is 0 Å². The molecule has 4 heteroatoms. The van der Waals surface area contributed by atoms with Crippen LogP contribution in [0.5, 0.6) is 5.75 Å². The lowest BCUT2D eigenvalue weighted by atomic mass is 10.3. The first kappa shape index (κ1) is 12.4. The summed E-state index contributed by atoms with van der Waals surface area (Å²) in [5.74, 6) is -0.0899. The fraction of sp³-hybridized carbons (Fsp3) is 0.333. The second-order valence-electron chi connectivity index (χ2n) is 2.72. The quantitative estimate of drug-likeness (QED) is 0.891. The molecule has 0 heterocycles. The van der Waals surface area contributed by atoms with E-state index in [2.05, 4.69) is 0 Å². The summed E-state index contributed by atoms with van der Waals surface area (Å²) in [7, 11) is 0. The van der Waals surface area contributed by atoms with Crippen LogP contribution < -0.4 is 10.5 Å². The van der Waals surface area contributed by atoms with Crippen molar-refractivity contribution in [2.75, 3.05) is 6.61 Å². The number of nitrogens with two attached hydrogens (primary N) is 1. The van der Waals surface area contributed by atoms with E-state index >= 15 is 0 Å². The minimum Gasteiger partial charge on any atom is -0.489 e. The van der Waals surface area contributed by atoms with E-state index in [0.29, 0.717) is 6.61 Å². The highest BCUT2D eigenvalue weighted by molar-refractivity contribution is 8.93. The lowest BCUT2D eigenvalue weighted by Gasteiger charge is -2.08. The van der Waals surface area contributed by atoms with Gasteiger partial charge in [0, 0.05) is 6.04 Å². The van der Waals surface area contributed by atoms with Gasteiger partial charge in [0.15, 0.2) is 11.6 Å². The molecule has 1 aromatic rings. The van der Waals surface area contributed by atoms with Crippen LogP contribution >= 0.6 is 17.0 Å². The largest absolute Gasteiger partial charge is 0.489 e. The summed E-state index contributed by atoms with van der Waals surface area (Å²) in [4.78, 5) is 0. The Kier molecular flexibility index (Phi) is 5.66. The van der Waals surface area contributed by atoms with E-state index < -0.39 is 0 Å². The van der Waals surface area contributed by atoms with Gasteiger partial charge in [0.2, 0.25) is 0 Å². The summed E-state index contributed by atoms with van der Waals surface area (Å²) in [6.45, 7) is 2.14. The molecule has 0 radical (unpaired) electrons. The second kappa shape index (κ2) is 5.94. The molecule has 1 rings (SSSR count). The third-order valence-corrected chi connectivity index (χ3v) is 1.34. The molecular weight excluding hydrogens is 237 g/mol. The zero-order valence-electron chi connectivity index (χ0n) is 7.37. The predicted octanol–water partition coefficient (Wildman–Crippen LogP) is 2.13. The molecule has 0 amide bonds. The van der Waals surface area contributed by atoms with Gasteiger partial charge in [-0.3, -0.25) is 0 Å². The summed E-state index contributed by atoms with van der Waals surface area (Å²) in [5.41, 5.74) is 5.44. The van der Waals surface area contributed by atoms with E-state index in [1.165, 1.54) is 6.07 Å². The molecule has 2 N–H and O–H groups in total. The van der Waals surface area contributed by atoms with Crippen LogP contribution in [0.15, 0.2) is 24.3 Å². The molecule has 0 aromatic heterocycles. The second-order valence-corrected chi connectivity index (χ2v) is 2.72. The Morgan fingerprint density at radius 3 is 2.62 bits per heavy atom. The van der Waals surface area contributed by atoms with Crippen LogP contribution in [0.25, 0.3) is 0 Å². The van der Waals surface area contributed by atoms with E-state index in [-0.39, 0.29) is 34.6 Å². The van der Waals surface area contributed by atoms with Crippen molar-refractivity contribution in [1.82, 2.24) is 0 Å². The SMILES string of the molecule is Br.C[C@@H](N)COc1ccccc1F. The highest BCUT2D eigenvalue weighted by atomic mass is 79.9. The summed E-state index contributed by atoms with van der Waals surface area (Å²) in [6.07, 6.45) is 0. The zero-order chi connectivity index (χ0) is 8.97. The van der Waals surface area contributed by atoms with E-state index in [4.69, 9.17) is 10.5 Å². The molecule has 1 aromatic carbocycles. The molecule has 0 aliphatic heterocycles. The van der Waals surface area contributed by atoms with Gasteiger partial charge < -0.3 is 10.5 Å². The molecule has 1 atom stereocenters. The van der Waals surface area contributed by atoms with E-state index in [1.54, 1.807) is 25.1 Å². The number of benzene rings is 1. The minimum atomic E-state index is -0.349. The molecule has 0 fully saturated rings. The van der Waals surface area contributed by atoms with Gasteiger partial charge >= 0.3 is 0 Å². The van der Waals surface area contributed by atoms with Gasteiger partial charge in [0.05, 0.1) is 0 Å². The number of rotatable bonds is 3. The molecule has 0 spiro atoms. The highest BCUT2D eigenvalue weighted by Gasteiger charge is 2.01. The third-order valence-electron chi connectivity index (χ3n) is 1.34. The van der Waals surface area contributed by atoms with Crippen LogP contribution in [0.4, 0.5) is 4.39 Å². The van der Waals surface area contributed by atoms with Gasteiger partial charge in [-0.2, -0.15) is 0 Å². The monoisotopic (exact) mass is 249 g/mol. The Labute approximate surface area is 87.7 Å². The summed E-state index contributed by atoms with van der Waals surface area (Å²) >= 11 is 0. The predicted molar refractivity (Wildman–Crippen MR) is 55.9 cm³/mol. The first-order chi connectivity index (χ1) is 5.70. The van der Waals surface area contributed by atoms with Crippen molar-refractivity contribution in [2.45, 2.75) is 13.0 Å². The number of halogens is 2. The maximum atomic E-state index is 12.9. The van der Waals surface area contributed by atoms with Crippen molar-refractivity contribution in [3.05, 3.63) is 30.1 Å². The summed E-state index contributed by atoms with van der Waals surface area (Å²) in [6, 6.07) is 6.20. The molecule has 0 bridgehead atoms. The number of ether oxygens (including phenoxy) is 1. The Hall–Kier alpha value is -0.610. The lowest BCUT2D eigenvalue weighted by Crippen LogP contribution is -2.23. The fourth-order valence-electron chi connectivity index (χ4n) is 0.783. The molecule has 0 saturated carbocycles. The molecule has 74 valence electrons. The maximum absolute atomic E-state index is 12.9. The molecule has 13 heavy (non-hydrogen) atoms. The number of hydrogen-bond donors (Lipinski definition) is 1. The van der Waals surface area contributed by atoms with Crippen molar-refractivity contribution in [1.29, 1.82) is 0 Å². The average molecular weight is 250 g/mol. The van der Waals surface area contributed by atoms with Crippen molar-refractivity contribution in [3.8, 4) is 5.75 Å². The van der Waals surface area contributed by atoms with Crippen LogP contribution in [-0.2, 0) is 0 Å². The zero-order valence-corrected chi connectivity index (χ0v) is 9.08. The van der Waals surface area contributed by atoms with Crippen molar-refractivity contribution in [3.63, 3.8) is 0 Å². The topological polar surface area (TPSA) is 35.2 Å². The first-order valence-corrected chi connectivity index (χ1v) is 3.83. The normalized spacial score (nSPS) is 11.6.